The Kier molecular flexibility index (Phi) is 6.42. The summed E-state index contributed by atoms with van der Waals surface area (Å²) in [5.41, 5.74) is 0. The fraction of sp³-hybridized carbons (Fsp3) is 0.875. The molecule has 0 amide bonds. The monoisotopic (exact) mass is 174 g/mol. The normalized spacial score (nSPS) is 11.8. The van der Waals surface area contributed by atoms with Crippen LogP contribution in [0, 0.1) is 0 Å². The van der Waals surface area contributed by atoms with E-state index in [2.05, 4.69) is 29.4 Å². The third kappa shape index (κ3) is 4.30. The van der Waals surface area contributed by atoms with E-state index in [1.54, 1.807) is 0 Å². The van der Waals surface area contributed by atoms with Crippen molar-refractivity contribution in [2.45, 2.75) is 20.3 Å². The Bertz CT molecular complexity index is 123. The number of thiol groups is 1. The van der Waals surface area contributed by atoms with Gasteiger partial charge in [-0.05, 0) is 26.0 Å². The first kappa shape index (κ1) is 10.8. The van der Waals surface area contributed by atoms with Gasteiger partial charge in [0.2, 0.25) is 0 Å². The van der Waals surface area contributed by atoms with Crippen LogP contribution in [0.3, 0.4) is 0 Å². The quantitative estimate of drug-likeness (QED) is 0.389. The number of aliphatic imine (C=N–C) groups is 1. The molecule has 0 N–H and O–H groups in total. The first-order chi connectivity index (χ1) is 5.26. The standard InChI is InChI=1S/C8H18N2S/c1-4-10(6-5-7-11)8(2)9-3/h11H,4-7H2,1-3H3. The molecule has 0 aliphatic carbocycles. The van der Waals surface area contributed by atoms with E-state index in [0.29, 0.717) is 0 Å². The van der Waals surface area contributed by atoms with Crippen molar-refractivity contribution in [2.24, 2.45) is 4.99 Å². The van der Waals surface area contributed by atoms with E-state index in [0.717, 1.165) is 31.1 Å². The minimum absolute atomic E-state index is 0.952. The van der Waals surface area contributed by atoms with Crippen molar-refractivity contribution in [3.8, 4) is 0 Å². The minimum Gasteiger partial charge on any atom is -0.361 e. The highest BCUT2D eigenvalue weighted by Gasteiger charge is 2.00. The third-order valence-electron chi connectivity index (χ3n) is 1.75. The van der Waals surface area contributed by atoms with Crippen molar-refractivity contribution in [3.05, 3.63) is 0 Å². The van der Waals surface area contributed by atoms with E-state index in [9.17, 15) is 0 Å². The first-order valence-electron chi connectivity index (χ1n) is 4.05. The summed E-state index contributed by atoms with van der Waals surface area (Å²) in [6, 6.07) is 0. The number of amidine groups is 1. The number of hydrogen-bond acceptors (Lipinski definition) is 2. The molecule has 3 heteroatoms. The van der Waals surface area contributed by atoms with Crippen LogP contribution in [0.25, 0.3) is 0 Å². The molecule has 11 heavy (non-hydrogen) atoms. The zero-order valence-corrected chi connectivity index (χ0v) is 8.56. The number of rotatable bonds is 4. The second-order valence-electron chi connectivity index (χ2n) is 2.43. The SMILES string of the molecule is CCN(CCCS)C(C)=NC. The second-order valence-corrected chi connectivity index (χ2v) is 2.87. The number of nitrogens with zero attached hydrogens (tertiary/aromatic N) is 2. The Labute approximate surface area is 75.1 Å². The molecule has 0 atom stereocenters. The Morgan fingerprint density at radius 2 is 2.18 bits per heavy atom. The van der Waals surface area contributed by atoms with Gasteiger partial charge in [-0.15, -0.1) is 0 Å². The molecule has 0 rings (SSSR count). The summed E-state index contributed by atoms with van der Waals surface area (Å²) in [7, 11) is 1.83. The van der Waals surface area contributed by atoms with Gasteiger partial charge in [0.25, 0.3) is 0 Å². The van der Waals surface area contributed by atoms with E-state index in [1.165, 1.54) is 0 Å². The second kappa shape index (κ2) is 6.53. The number of hydrogen-bond donors (Lipinski definition) is 1. The van der Waals surface area contributed by atoms with Crippen LogP contribution in [-0.2, 0) is 0 Å². The van der Waals surface area contributed by atoms with Crippen LogP contribution in [0.5, 0.6) is 0 Å². The predicted molar refractivity (Wildman–Crippen MR) is 54.8 cm³/mol. The lowest BCUT2D eigenvalue weighted by molar-refractivity contribution is 0.438. The topological polar surface area (TPSA) is 15.6 Å². The summed E-state index contributed by atoms with van der Waals surface area (Å²) < 4.78 is 0. The van der Waals surface area contributed by atoms with Gasteiger partial charge in [-0.3, -0.25) is 4.99 Å². The van der Waals surface area contributed by atoms with Gasteiger partial charge >= 0.3 is 0 Å². The fourth-order valence-electron chi connectivity index (χ4n) is 0.952. The van der Waals surface area contributed by atoms with E-state index >= 15 is 0 Å². The van der Waals surface area contributed by atoms with Crippen LogP contribution in [0.15, 0.2) is 4.99 Å². The van der Waals surface area contributed by atoms with E-state index in [4.69, 9.17) is 0 Å². The van der Waals surface area contributed by atoms with E-state index in [1.807, 2.05) is 14.0 Å². The van der Waals surface area contributed by atoms with Crippen LogP contribution in [-0.4, -0.2) is 36.6 Å². The first-order valence-corrected chi connectivity index (χ1v) is 4.68. The Balaban J connectivity index is 3.75. The smallest absolute Gasteiger partial charge is 0.0953 e. The van der Waals surface area contributed by atoms with Crippen LogP contribution < -0.4 is 0 Å². The molecule has 0 aromatic rings. The van der Waals surface area contributed by atoms with Crippen LogP contribution in [0.2, 0.25) is 0 Å². The summed E-state index contributed by atoms with van der Waals surface area (Å²) in [6.45, 7) is 6.30. The van der Waals surface area contributed by atoms with Crippen molar-refractivity contribution in [3.63, 3.8) is 0 Å². The summed E-state index contributed by atoms with van der Waals surface area (Å²) >= 11 is 4.17. The lowest BCUT2D eigenvalue weighted by Gasteiger charge is -2.21. The molecule has 0 saturated carbocycles. The predicted octanol–water partition coefficient (Wildman–Crippen LogP) is 1.68. The zero-order valence-electron chi connectivity index (χ0n) is 7.67. The molecule has 0 radical (unpaired) electrons. The minimum atomic E-state index is 0.952. The summed E-state index contributed by atoms with van der Waals surface area (Å²) in [4.78, 5) is 6.39. The van der Waals surface area contributed by atoms with Gasteiger partial charge in [0, 0.05) is 20.1 Å². The van der Waals surface area contributed by atoms with Gasteiger partial charge in [-0.2, -0.15) is 12.6 Å². The Morgan fingerprint density at radius 3 is 2.55 bits per heavy atom. The van der Waals surface area contributed by atoms with Gasteiger partial charge < -0.3 is 4.90 Å². The molecule has 0 spiro atoms. The molecular formula is C8H18N2S. The fourth-order valence-corrected chi connectivity index (χ4v) is 1.09. The van der Waals surface area contributed by atoms with Crippen LogP contribution in [0.1, 0.15) is 20.3 Å². The lowest BCUT2D eigenvalue weighted by Crippen LogP contribution is -2.29. The highest BCUT2D eigenvalue weighted by atomic mass is 32.1. The van der Waals surface area contributed by atoms with Crippen LogP contribution in [0.4, 0.5) is 0 Å². The van der Waals surface area contributed by atoms with Crippen molar-refractivity contribution in [2.75, 3.05) is 25.9 Å². The highest BCUT2D eigenvalue weighted by molar-refractivity contribution is 7.80. The van der Waals surface area contributed by atoms with E-state index < -0.39 is 0 Å². The summed E-state index contributed by atoms with van der Waals surface area (Å²) in [6.07, 6.45) is 1.13. The van der Waals surface area contributed by atoms with Gasteiger partial charge in [0.15, 0.2) is 0 Å². The van der Waals surface area contributed by atoms with Gasteiger partial charge in [0.05, 0.1) is 5.84 Å². The lowest BCUT2D eigenvalue weighted by atomic mass is 10.4. The zero-order chi connectivity index (χ0) is 8.69. The van der Waals surface area contributed by atoms with Crippen molar-refractivity contribution in [1.82, 2.24) is 4.90 Å². The molecule has 0 aliphatic heterocycles. The molecule has 0 heterocycles. The Morgan fingerprint density at radius 1 is 1.55 bits per heavy atom. The van der Waals surface area contributed by atoms with Gasteiger partial charge in [-0.1, -0.05) is 0 Å². The Hall–Kier alpha value is -0.180. The molecule has 0 aromatic heterocycles. The molecule has 0 aliphatic rings. The van der Waals surface area contributed by atoms with Crippen molar-refractivity contribution < 1.29 is 0 Å². The maximum absolute atomic E-state index is 4.17. The molecule has 0 saturated heterocycles. The molecular weight excluding hydrogens is 156 g/mol. The maximum atomic E-state index is 4.17. The molecule has 66 valence electrons. The summed E-state index contributed by atoms with van der Waals surface area (Å²) in [5.74, 6) is 2.07. The molecule has 0 aromatic carbocycles. The molecule has 0 unspecified atom stereocenters. The average molecular weight is 174 g/mol. The molecule has 0 bridgehead atoms. The summed E-state index contributed by atoms with van der Waals surface area (Å²) in [5, 5.41) is 0. The van der Waals surface area contributed by atoms with Gasteiger partial charge in [0.1, 0.15) is 0 Å². The largest absolute Gasteiger partial charge is 0.361 e. The van der Waals surface area contributed by atoms with Gasteiger partial charge in [-0.25, -0.2) is 0 Å². The average Bonchev–Trinajstić information content (AvgIpc) is 2.05. The molecule has 0 fully saturated rings. The maximum Gasteiger partial charge on any atom is 0.0953 e. The van der Waals surface area contributed by atoms with Crippen molar-refractivity contribution in [1.29, 1.82) is 0 Å². The third-order valence-corrected chi connectivity index (χ3v) is 2.07. The van der Waals surface area contributed by atoms with Crippen LogP contribution >= 0.6 is 12.6 Å². The van der Waals surface area contributed by atoms with Crippen molar-refractivity contribution >= 4 is 18.5 Å². The molecule has 2 nitrogen and oxygen atoms in total. The highest BCUT2D eigenvalue weighted by Crippen LogP contribution is 1.94. The van der Waals surface area contributed by atoms with E-state index in [-0.39, 0.29) is 0 Å².